The minimum absolute atomic E-state index is 0.571. The molecule has 1 nitrogen and oxygen atoms in total. The summed E-state index contributed by atoms with van der Waals surface area (Å²) in [5, 5.41) is 1.47. The summed E-state index contributed by atoms with van der Waals surface area (Å²) < 4.78 is 5.80. The first-order valence-corrected chi connectivity index (χ1v) is 8.76. The molecule has 0 saturated carbocycles. The third kappa shape index (κ3) is 1.48. The highest BCUT2D eigenvalue weighted by molar-refractivity contribution is 6.89. The first kappa shape index (κ1) is 9.78. The van der Waals surface area contributed by atoms with Crippen molar-refractivity contribution >= 4 is 13.3 Å². The Morgan fingerprint density at radius 2 is 2.00 bits per heavy atom. The van der Waals surface area contributed by atoms with Crippen LogP contribution in [-0.4, -0.2) is 14.7 Å². The van der Waals surface area contributed by atoms with E-state index in [2.05, 4.69) is 44.8 Å². The molecule has 1 aliphatic rings. The van der Waals surface area contributed by atoms with Crippen molar-refractivity contribution in [3.63, 3.8) is 0 Å². The molecule has 1 unspecified atom stereocenters. The van der Waals surface area contributed by atoms with E-state index in [0.717, 1.165) is 6.61 Å². The maximum Gasteiger partial charge on any atom is 0.122 e. The number of fused-ring (bicyclic) bond motifs is 1. The lowest BCUT2D eigenvalue weighted by Gasteiger charge is -2.19. The predicted octanol–water partition coefficient (Wildman–Crippen LogP) is 2.73. The van der Waals surface area contributed by atoms with Crippen LogP contribution >= 0.6 is 0 Å². The topological polar surface area (TPSA) is 9.23 Å². The fourth-order valence-corrected chi connectivity index (χ4v) is 3.49. The van der Waals surface area contributed by atoms with Gasteiger partial charge in [-0.3, -0.25) is 0 Å². The average molecular weight is 206 g/mol. The van der Waals surface area contributed by atoms with Gasteiger partial charge in [0.05, 0.1) is 14.7 Å². The number of ether oxygens (including phenoxy) is 1. The van der Waals surface area contributed by atoms with Crippen LogP contribution in [0.3, 0.4) is 0 Å². The van der Waals surface area contributed by atoms with Gasteiger partial charge in [-0.15, -0.1) is 0 Å². The van der Waals surface area contributed by atoms with Crippen molar-refractivity contribution in [2.24, 2.45) is 0 Å². The maximum absolute atomic E-state index is 5.80. The molecule has 0 radical (unpaired) electrons. The molecule has 0 aliphatic carbocycles. The molecule has 1 aromatic rings. The van der Waals surface area contributed by atoms with Crippen LogP contribution in [0.5, 0.6) is 5.75 Å². The standard InChI is InChI=1S/C12H18OSi/c1-9-8-13-12-10(9)6-5-7-11(12)14(2,3)4/h5-7,9H,8H2,1-4H3. The molecule has 1 aromatic carbocycles. The summed E-state index contributed by atoms with van der Waals surface area (Å²) in [5.41, 5.74) is 1.41. The van der Waals surface area contributed by atoms with Crippen LogP contribution in [0.25, 0.3) is 0 Å². The van der Waals surface area contributed by atoms with Crippen LogP contribution in [0, 0.1) is 0 Å². The van der Waals surface area contributed by atoms with Gasteiger partial charge in [-0.1, -0.05) is 44.8 Å². The van der Waals surface area contributed by atoms with Crippen LogP contribution in [0.2, 0.25) is 19.6 Å². The fraction of sp³-hybridized carbons (Fsp3) is 0.500. The highest BCUT2D eigenvalue weighted by Gasteiger charge is 2.28. The molecule has 0 spiro atoms. The first-order chi connectivity index (χ1) is 6.50. The molecule has 0 bridgehead atoms. The zero-order chi connectivity index (χ0) is 10.3. The Kier molecular flexibility index (Phi) is 2.18. The number of para-hydroxylation sites is 1. The van der Waals surface area contributed by atoms with Gasteiger partial charge < -0.3 is 4.74 Å². The molecule has 0 N–H and O–H groups in total. The molecule has 14 heavy (non-hydrogen) atoms. The smallest absolute Gasteiger partial charge is 0.122 e. The van der Waals surface area contributed by atoms with Crippen LogP contribution in [-0.2, 0) is 0 Å². The van der Waals surface area contributed by atoms with E-state index in [1.54, 1.807) is 0 Å². The van der Waals surface area contributed by atoms with Crippen molar-refractivity contribution in [1.82, 2.24) is 0 Å². The lowest BCUT2D eigenvalue weighted by atomic mass is 10.0. The van der Waals surface area contributed by atoms with Gasteiger partial charge in [-0.05, 0) is 5.19 Å². The molecule has 1 aliphatic heterocycles. The molecule has 76 valence electrons. The van der Waals surface area contributed by atoms with Gasteiger partial charge >= 0.3 is 0 Å². The second-order valence-corrected chi connectivity index (χ2v) is 10.2. The Morgan fingerprint density at radius 3 is 2.64 bits per heavy atom. The largest absolute Gasteiger partial charge is 0.493 e. The lowest BCUT2D eigenvalue weighted by Crippen LogP contribution is -2.38. The molecular weight excluding hydrogens is 188 g/mol. The second-order valence-electron chi connectivity index (χ2n) is 5.19. The summed E-state index contributed by atoms with van der Waals surface area (Å²) in [6.45, 7) is 10.2. The quantitative estimate of drug-likeness (QED) is 0.642. The van der Waals surface area contributed by atoms with Crippen molar-refractivity contribution in [2.75, 3.05) is 6.61 Å². The van der Waals surface area contributed by atoms with Crippen LogP contribution in [0.4, 0.5) is 0 Å². The van der Waals surface area contributed by atoms with E-state index in [1.807, 2.05) is 0 Å². The van der Waals surface area contributed by atoms with Crippen LogP contribution in [0.15, 0.2) is 18.2 Å². The molecule has 0 fully saturated rings. The summed E-state index contributed by atoms with van der Waals surface area (Å²) in [7, 11) is -1.24. The van der Waals surface area contributed by atoms with Crippen molar-refractivity contribution < 1.29 is 4.74 Å². The maximum atomic E-state index is 5.80. The van der Waals surface area contributed by atoms with E-state index in [1.165, 1.54) is 16.5 Å². The van der Waals surface area contributed by atoms with Gasteiger partial charge in [0.15, 0.2) is 0 Å². The minimum Gasteiger partial charge on any atom is -0.493 e. The summed E-state index contributed by atoms with van der Waals surface area (Å²) in [6.07, 6.45) is 0. The van der Waals surface area contributed by atoms with E-state index in [4.69, 9.17) is 4.74 Å². The third-order valence-electron chi connectivity index (χ3n) is 2.86. The number of benzene rings is 1. The molecule has 0 aromatic heterocycles. The summed E-state index contributed by atoms with van der Waals surface area (Å²) >= 11 is 0. The molecular formula is C12H18OSi. The summed E-state index contributed by atoms with van der Waals surface area (Å²) in [4.78, 5) is 0. The number of hydrogen-bond donors (Lipinski definition) is 0. The van der Waals surface area contributed by atoms with Gasteiger partial charge in [-0.2, -0.15) is 0 Å². The van der Waals surface area contributed by atoms with E-state index in [9.17, 15) is 0 Å². The normalized spacial score (nSPS) is 20.4. The van der Waals surface area contributed by atoms with E-state index in [-0.39, 0.29) is 0 Å². The monoisotopic (exact) mass is 206 g/mol. The number of hydrogen-bond acceptors (Lipinski definition) is 1. The Morgan fingerprint density at radius 1 is 1.29 bits per heavy atom. The second kappa shape index (κ2) is 3.12. The predicted molar refractivity (Wildman–Crippen MR) is 63.3 cm³/mol. The van der Waals surface area contributed by atoms with Crippen molar-refractivity contribution in [3.05, 3.63) is 23.8 Å². The Labute approximate surface area is 87.1 Å². The third-order valence-corrected chi connectivity index (χ3v) is 4.87. The van der Waals surface area contributed by atoms with Gasteiger partial charge in [0.25, 0.3) is 0 Å². The highest BCUT2D eigenvalue weighted by Crippen LogP contribution is 2.33. The highest BCUT2D eigenvalue weighted by atomic mass is 28.3. The van der Waals surface area contributed by atoms with E-state index in [0.29, 0.717) is 5.92 Å². The van der Waals surface area contributed by atoms with Crippen molar-refractivity contribution in [3.8, 4) is 5.75 Å². The van der Waals surface area contributed by atoms with Gasteiger partial charge in [0.2, 0.25) is 0 Å². The minimum atomic E-state index is -1.24. The van der Waals surface area contributed by atoms with E-state index < -0.39 is 8.07 Å². The molecule has 0 saturated heterocycles. The van der Waals surface area contributed by atoms with Crippen molar-refractivity contribution in [2.45, 2.75) is 32.5 Å². The lowest BCUT2D eigenvalue weighted by molar-refractivity contribution is 0.339. The zero-order valence-corrected chi connectivity index (χ0v) is 10.4. The Balaban J connectivity index is 2.55. The average Bonchev–Trinajstić information content (AvgIpc) is 2.46. The zero-order valence-electron chi connectivity index (χ0n) is 9.42. The summed E-state index contributed by atoms with van der Waals surface area (Å²) in [6, 6.07) is 6.62. The SMILES string of the molecule is CC1COc2c1cccc2[Si](C)(C)C. The van der Waals surface area contributed by atoms with E-state index >= 15 is 0 Å². The van der Waals surface area contributed by atoms with Gasteiger partial charge in [0.1, 0.15) is 5.75 Å². The molecule has 1 atom stereocenters. The fourth-order valence-electron chi connectivity index (χ4n) is 1.99. The number of rotatable bonds is 1. The molecule has 2 heteroatoms. The molecule has 0 amide bonds. The summed E-state index contributed by atoms with van der Waals surface area (Å²) in [5.74, 6) is 1.76. The Bertz CT molecular complexity index is 352. The first-order valence-electron chi connectivity index (χ1n) is 5.26. The molecule has 2 rings (SSSR count). The Hall–Kier alpha value is -0.763. The van der Waals surface area contributed by atoms with Crippen LogP contribution in [0.1, 0.15) is 18.4 Å². The van der Waals surface area contributed by atoms with Crippen LogP contribution < -0.4 is 9.92 Å². The van der Waals surface area contributed by atoms with Gasteiger partial charge in [-0.25, -0.2) is 0 Å². The van der Waals surface area contributed by atoms with Gasteiger partial charge in [0, 0.05) is 11.5 Å². The molecule has 1 heterocycles. The van der Waals surface area contributed by atoms with Crippen molar-refractivity contribution in [1.29, 1.82) is 0 Å².